The third-order valence-corrected chi connectivity index (χ3v) is 6.17. The molecule has 1 fully saturated rings. The second kappa shape index (κ2) is 9.31. The van der Waals surface area contributed by atoms with Crippen LogP contribution in [0, 0.1) is 5.92 Å². The van der Waals surface area contributed by atoms with Gasteiger partial charge in [-0.1, -0.05) is 44.4 Å². The Morgan fingerprint density at radius 1 is 1.23 bits per heavy atom. The minimum atomic E-state index is -0.00402. The largest absolute Gasteiger partial charge is 0.497 e. The van der Waals surface area contributed by atoms with Crippen LogP contribution in [0.4, 0.5) is 0 Å². The quantitative estimate of drug-likeness (QED) is 0.446. The average Bonchev–Trinajstić information content (AvgIpc) is 3.39. The van der Waals surface area contributed by atoms with Crippen LogP contribution < -0.4 is 4.74 Å². The molecule has 5 nitrogen and oxygen atoms in total. The molecule has 4 rings (SSSR count). The van der Waals surface area contributed by atoms with Crippen LogP contribution in [0.25, 0.3) is 11.0 Å². The van der Waals surface area contributed by atoms with E-state index in [1.807, 2.05) is 41.3 Å². The van der Waals surface area contributed by atoms with E-state index in [1.54, 1.807) is 13.2 Å². The molecule has 3 aromatic rings. The molecule has 31 heavy (non-hydrogen) atoms. The first-order valence-electron chi connectivity index (χ1n) is 11.1. The molecule has 0 saturated heterocycles. The Morgan fingerprint density at radius 3 is 2.71 bits per heavy atom. The summed E-state index contributed by atoms with van der Waals surface area (Å²) in [6.45, 7) is 5.39. The van der Waals surface area contributed by atoms with Crippen molar-refractivity contribution in [2.45, 2.75) is 52.1 Å². The number of hydrogen-bond acceptors (Lipinski definition) is 3. The summed E-state index contributed by atoms with van der Waals surface area (Å²) in [5, 5.41) is 0.713. The summed E-state index contributed by atoms with van der Waals surface area (Å²) in [5.41, 5.74) is 2.63. The number of benzene rings is 2. The Bertz CT molecular complexity index is 1070. The van der Waals surface area contributed by atoms with Crippen molar-refractivity contribution < 1.29 is 9.53 Å². The zero-order valence-electron chi connectivity index (χ0n) is 18.5. The predicted octanol–water partition coefficient (Wildman–Crippen LogP) is 6.11. The van der Waals surface area contributed by atoms with Gasteiger partial charge in [0.1, 0.15) is 11.6 Å². The van der Waals surface area contributed by atoms with Gasteiger partial charge in [0.2, 0.25) is 0 Å². The third-order valence-electron chi connectivity index (χ3n) is 5.94. The average molecular weight is 440 g/mol. The number of ether oxygens (including phenoxy) is 1. The van der Waals surface area contributed by atoms with E-state index < -0.39 is 0 Å². The number of aromatic nitrogens is 2. The zero-order valence-corrected chi connectivity index (χ0v) is 19.2. The number of imidazole rings is 1. The van der Waals surface area contributed by atoms with E-state index in [9.17, 15) is 4.79 Å². The lowest BCUT2D eigenvalue weighted by atomic mass is 10.1. The molecular weight excluding hydrogens is 410 g/mol. The van der Waals surface area contributed by atoms with Gasteiger partial charge in [0, 0.05) is 23.2 Å². The number of fused-ring (bicyclic) bond motifs is 1. The van der Waals surface area contributed by atoms with Gasteiger partial charge in [-0.25, -0.2) is 4.98 Å². The van der Waals surface area contributed by atoms with Crippen molar-refractivity contribution in [3.8, 4) is 5.75 Å². The first-order valence-corrected chi connectivity index (χ1v) is 11.4. The van der Waals surface area contributed by atoms with Gasteiger partial charge in [0.05, 0.1) is 24.7 Å². The Morgan fingerprint density at radius 2 is 2.00 bits per heavy atom. The Kier molecular flexibility index (Phi) is 6.51. The number of halogens is 1. The van der Waals surface area contributed by atoms with Crippen molar-refractivity contribution in [3.63, 3.8) is 0 Å². The summed E-state index contributed by atoms with van der Waals surface area (Å²) in [7, 11) is 1.62. The first-order chi connectivity index (χ1) is 15.0. The van der Waals surface area contributed by atoms with Gasteiger partial charge in [0.15, 0.2) is 0 Å². The molecule has 1 saturated carbocycles. The second-order valence-corrected chi connectivity index (χ2v) is 9.22. The van der Waals surface area contributed by atoms with Gasteiger partial charge in [0.25, 0.3) is 5.91 Å². The number of carbonyl (C=O) groups is 1. The van der Waals surface area contributed by atoms with Crippen molar-refractivity contribution in [2.75, 3.05) is 13.7 Å². The van der Waals surface area contributed by atoms with Crippen LogP contribution in [0.15, 0.2) is 42.5 Å². The third kappa shape index (κ3) is 4.72. The van der Waals surface area contributed by atoms with E-state index in [0.29, 0.717) is 41.4 Å². The van der Waals surface area contributed by atoms with Crippen molar-refractivity contribution in [3.05, 3.63) is 58.9 Å². The fourth-order valence-corrected chi connectivity index (χ4v) is 4.73. The van der Waals surface area contributed by atoms with Gasteiger partial charge in [-0.3, -0.25) is 4.79 Å². The summed E-state index contributed by atoms with van der Waals surface area (Å²) >= 11 is 6.32. The van der Waals surface area contributed by atoms with Crippen LogP contribution in [0.1, 0.15) is 61.8 Å². The van der Waals surface area contributed by atoms with E-state index in [2.05, 4.69) is 18.4 Å². The number of rotatable bonds is 7. The van der Waals surface area contributed by atoms with Crippen LogP contribution >= 0.6 is 11.6 Å². The molecule has 1 heterocycles. The van der Waals surface area contributed by atoms with Gasteiger partial charge >= 0.3 is 0 Å². The maximum atomic E-state index is 13.5. The van der Waals surface area contributed by atoms with E-state index >= 15 is 0 Å². The predicted molar refractivity (Wildman–Crippen MR) is 125 cm³/mol. The Labute approximate surface area is 189 Å². The molecule has 0 radical (unpaired) electrons. The molecule has 0 unspecified atom stereocenters. The molecule has 1 aliphatic rings. The van der Waals surface area contributed by atoms with Gasteiger partial charge in [-0.2, -0.15) is 0 Å². The van der Waals surface area contributed by atoms with E-state index in [0.717, 1.165) is 29.7 Å². The van der Waals surface area contributed by atoms with Crippen LogP contribution in [0.2, 0.25) is 5.02 Å². The minimum absolute atomic E-state index is 0.00402. The molecule has 1 amide bonds. The number of amides is 1. The van der Waals surface area contributed by atoms with Crippen LogP contribution in [-0.2, 0) is 6.54 Å². The fraction of sp³-hybridized carbons (Fsp3) is 0.440. The lowest BCUT2D eigenvalue weighted by Crippen LogP contribution is -2.35. The maximum absolute atomic E-state index is 13.5. The molecule has 0 spiro atoms. The minimum Gasteiger partial charge on any atom is -0.497 e. The highest BCUT2D eigenvalue weighted by Gasteiger charge is 2.26. The summed E-state index contributed by atoms with van der Waals surface area (Å²) in [6, 6.07) is 13.6. The fourth-order valence-electron chi connectivity index (χ4n) is 4.57. The molecule has 0 bridgehead atoms. The van der Waals surface area contributed by atoms with Gasteiger partial charge in [-0.05, 0) is 55.2 Å². The molecule has 2 aromatic carbocycles. The zero-order chi connectivity index (χ0) is 22.0. The number of methoxy groups -OCH3 is 1. The van der Waals surface area contributed by atoms with E-state index in [-0.39, 0.29) is 5.91 Å². The normalized spacial score (nSPS) is 14.5. The maximum Gasteiger partial charge on any atom is 0.254 e. The van der Waals surface area contributed by atoms with Crippen LogP contribution in [0.3, 0.4) is 0 Å². The molecule has 0 atom stereocenters. The number of carbonyl (C=O) groups excluding carboxylic acids is 1. The lowest BCUT2D eigenvalue weighted by Gasteiger charge is -2.26. The molecule has 6 heteroatoms. The molecular formula is C25H30ClN3O2. The van der Waals surface area contributed by atoms with Crippen molar-refractivity contribution in [1.29, 1.82) is 0 Å². The topological polar surface area (TPSA) is 47.4 Å². The molecule has 1 aliphatic carbocycles. The summed E-state index contributed by atoms with van der Waals surface area (Å²) in [5.74, 6) is 1.95. The standard InChI is InChI=1S/C25H30ClN3O2/c1-17(2)15-28(25(30)18-7-6-10-21(13-18)31-3)16-24-27-22-12-11-19(26)14-23(22)29(24)20-8-4-5-9-20/h6-7,10-14,17,20H,4-5,8-9,15-16H2,1-3H3. The van der Waals surface area contributed by atoms with Gasteiger partial charge in [-0.15, -0.1) is 0 Å². The summed E-state index contributed by atoms with van der Waals surface area (Å²) < 4.78 is 7.66. The molecule has 164 valence electrons. The lowest BCUT2D eigenvalue weighted by molar-refractivity contribution is 0.0715. The summed E-state index contributed by atoms with van der Waals surface area (Å²) in [6.07, 6.45) is 4.73. The Balaban J connectivity index is 1.72. The molecule has 1 aromatic heterocycles. The highest BCUT2D eigenvalue weighted by molar-refractivity contribution is 6.31. The molecule has 0 aliphatic heterocycles. The number of nitrogens with zero attached hydrogens (tertiary/aromatic N) is 3. The smallest absolute Gasteiger partial charge is 0.254 e. The highest BCUT2D eigenvalue weighted by atomic mass is 35.5. The first kappa shape index (κ1) is 21.7. The van der Waals surface area contributed by atoms with Crippen molar-refractivity contribution in [1.82, 2.24) is 14.5 Å². The molecule has 0 N–H and O–H groups in total. The number of hydrogen-bond donors (Lipinski definition) is 0. The van der Waals surface area contributed by atoms with Crippen LogP contribution in [-0.4, -0.2) is 34.0 Å². The van der Waals surface area contributed by atoms with E-state index in [1.165, 1.54) is 12.8 Å². The highest BCUT2D eigenvalue weighted by Crippen LogP contribution is 2.35. The van der Waals surface area contributed by atoms with E-state index in [4.69, 9.17) is 21.3 Å². The van der Waals surface area contributed by atoms with Crippen molar-refractivity contribution in [2.24, 2.45) is 5.92 Å². The van der Waals surface area contributed by atoms with Crippen molar-refractivity contribution >= 4 is 28.5 Å². The Hall–Kier alpha value is -2.53. The monoisotopic (exact) mass is 439 g/mol. The summed E-state index contributed by atoms with van der Waals surface area (Å²) in [4.78, 5) is 20.3. The van der Waals surface area contributed by atoms with Gasteiger partial charge < -0.3 is 14.2 Å². The second-order valence-electron chi connectivity index (χ2n) is 8.78. The SMILES string of the molecule is COc1cccc(C(=O)N(Cc2nc3ccc(Cl)cc3n2C2CCCC2)CC(C)C)c1. The van der Waals surface area contributed by atoms with Crippen LogP contribution in [0.5, 0.6) is 5.75 Å².